The predicted octanol–water partition coefficient (Wildman–Crippen LogP) is 4.38. The van der Waals surface area contributed by atoms with Crippen molar-refractivity contribution in [2.24, 2.45) is 0 Å². The van der Waals surface area contributed by atoms with Gasteiger partial charge in [-0.2, -0.15) is 0 Å². The molecule has 0 saturated carbocycles. The van der Waals surface area contributed by atoms with Crippen molar-refractivity contribution in [2.75, 3.05) is 31.1 Å². The highest BCUT2D eigenvalue weighted by molar-refractivity contribution is 6.30. The first-order valence-corrected chi connectivity index (χ1v) is 11.5. The molecule has 0 atom stereocenters. The molecule has 0 unspecified atom stereocenters. The maximum Gasteiger partial charge on any atom is 0.410 e. The van der Waals surface area contributed by atoms with Crippen LogP contribution in [0.15, 0.2) is 36.7 Å². The van der Waals surface area contributed by atoms with Gasteiger partial charge in [-0.25, -0.2) is 9.78 Å². The fraction of sp³-hybridized carbons (Fsp3) is 0.500. The molecule has 33 heavy (non-hydrogen) atoms. The van der Waals surface area contributed by atoms with Crippen LogP contribution in [0.2, 0.25) is 5.02 Å². The predicted molar refractivity (Wildman–Crippen MR) is 127 cm³/mol. The maximum absolute atomic E-state index is 12.3. The number of likely N-dealkylation sites (tertiary alicyclic amines) is 1. The lowest BCUT2D eigenvalue weighted by Gasteiger charge is -2.33. The van der Waals surface area contributed by atoms with Gasteiger partial charge in [-0.15, -0.1) is 0 Å². The fourth-order valence-electron chi connectivity index (χ4n) is 3.76. The summed E-state index contributed by atoms with van der Waals surface area (Å²) in [5.74, 6) is -0.235. The molecule has 1 amide bonds. The largest absolute Gasteiger partial charge is 0.480 e. The second-order valence-corrected chi connectivity index (χ2v) is 9.67. The van der Waals surface area contributed by atoms with Crippen LogP contribution in [0.5, 0.6) is 0 Å². The number of carboxylic acid groups (broad SMARTS) is 1. The molecule has 1 fully saturated rings. The summed E-state index contributed by atoms with van der Waals surface area (Å²) in [6, 6.07) is 7.51. The van der Waals surface area contributed by atoms with Gasteiger partial charge in [-0.1, -0.05) is 23.7 Å². The Morgan fingerprint density at radius 1 is 1.18 bits per heavy atom. The average molecular weight is 475 g/mol. The minimum Gasteiger partial charge on any atom is -0.480 e. The Hall–Kier alpha value is -2.87. The summed E-state index contributed by atoms with van der Waals surface area (Å²) < 4.78 is 5.46. The van der Waals surface area contributed by atoms with Gasteiger partial charge in [-0.3, -0.25) is 9.78 Å². The van der Waals surface area contributed by atoms with Gasteiger partial charge in [0.25, 0.3) is 0 Å². The number of hydrogen-bond donors (Lipinski definition) is 1. The first-order chi connectivity index (χ1) is 15.6. The number of carbonyl (C=O) groups excluding carboxylic acids is 1. The number of ether oxygens (including phenoxy) is 1. The highest BCUT2D eigenvalue weighted by Gasteiger charge is 2.28. The van der Waals surface area contributed by atoms with E-state index in [1.54, 1.807) is 22.2 Å². The molecule has 2 aromatic rings. The summed E-state index contributed by atoms with van der Waals surface area (Å²) in [5.41, 5.74) is 1.36. The van der Waals surface area contributed by atoms with Crippen molar-refractivity contribution in [1.29, 1.82) is 0 Å². The zero-order valence-corrected chi connectivity index (χ0v) is 20.1. The Kier molecular flexibility index (Phi) is 8.13. The van der Waals surface area contributed by atoms with Crippen LogP contribution in [0.3, 0.4) is 0 Å². The number of aromatic nitrogens is 2. The molecule has 0 aliphatic carbocycles. The first kappa shape index (κ1) is 24.8. The van der Waals surface area contributed by atoms with Crippen molar-refractivity contribution >= 4 is 29.5 Å². The van der Waals surface area contributed by atoms with Gasteiger partial charge in [0.1, 0.15) is 18.0 Å². The first-order valence-electron chi connectivity index (χ1n) is 11.1. The lowest BCUT2D eigenvalue weighted by molar-refractivity contribution is -0.135. The number of carboxylic acids is 1. The lowest BCUT2D eigenvalue weighted by atomic mass is 9.94. The van der Waals surface area contributed by atoms with E-state index in [0.29, 0.717) is 36.9 Å². The smallest absolute Gasteiger partial charge is 0.410 e. The molecule has 0 radical (unpaired) electrons. The van der Waals surface area contributed by atoms with Crippen LogP contribution in [0.25, 0.3) is 0 Å². The molecule has 2 heterocycles. The molecule has 0 spiro atoms. The molecule has 8 nitrogen and oxygen atoms in total. The van der Waals surface area contributed by atoms with Crippen molar-refractivity contribution < 1.29 is 19.4 Å². The lowest BCUT2D eigenvalue weighted by Crippen LogP contribution is -2.41. The number of aliphatic carboxylic acids is 1. The summed E-state index contributed by atoms with van der Waals surface area (Å²) in [5, 5.41) is 10.1. The SMILES string of the molecule is CC(C)(C)OC(=O)N1CCC(c2cncc(N(CCc3ccc(Cl)cc3)CC(=O)O)n2)CC1. The van der Waals surface area contributed by atoms with E-state index < -0.39 is 11.6 Å². The van der Waals surface area contributed by atoms with E-state index >= 15 is 0 Å². The second kappa shape index (κ2) is 10.8. The van der Waals surface area contributed by atoms with Crippen molar-refractivity contribution in [3.05, 3.63) is 52.9 Å². The zero-order chi connectivity index (χ0) is 24.0. The normalized spacial score (nSPS) is 14.7. The van der Waals surface area contributed by atoms with Crippen molar-refractivity contribution in [1.82, 2.24) is 14.9 Å². The van der Waals surface area contributed by atoms with Gasteiger partial charge >= 0.3 is 12.1 Å². The van der Waals surface area contributed by atoms with E-state index in [1.165, 1.54) is 0 Å². The monoisotopic (exact) mass is 474 g/mol. The number of benzene rings is 1. The second-order valence-electron chi connectivity index (χ2n) is 9.24. The van der Waals surface area contributed by atoms with E-state index in [4.69, 9.17) is 21.3 Å². The van der Waals surface area contributed by atoms with E-state index in [1.807, 2.05) is 45.0 Å². The Balaban J connectivity index is 1.65. The molecule has 1 saturated heterocycles. The van der Waals surface area contributed by atoms with Crippen LogP contribution in [0.4, 0.5) is 10.6 Å². The number of carbonyl (C=O) groups is 2. The Morgan fingerprint density at radius 3 is 2.45 bits per heavy atom. The molecule has 1 aliphatic rings. The highest BCUT2D eigenvalue weighted by Crippen LogP contribution is 2.28. The zero-order valence-electron chi connectivity index (χ0n) is 19.3. The summed E-state index contributed by atoms with van der Waals surface area (Å²) in [6.45, 7) is 7.06. The number of amides is 1. The van der Waals surface area contributed by atoms with E-state index in [0.717, 1.165) is 24.1 Å². The molecule has 0 bridgehead atoms. The van der Waals surface area contributed by atoms with Gasteiger partial charge in [0.15, 0.2) is 0 Å². The minimum atomic E-state index is -0.927. The standard InChI is InChI=1S/C24H31ClN4O4/c1-24(2,3)33-23(32)28-12-9-18(10-13-28)20-14-26-15-21(27-20)29(16-22(30)31)11-8-17-4-6-19(25)7-5-17/h4-7,14-15,18H,8-13,16H2,1-3H3,(H,30,31). The Labute approximate surface area is 199 Å². The van der Waals surface area contributed by atoms with Crippen molar-refractivity contribution in [3.63, 3.8) is 0 Å². The van der Waals surface area contributed by atoms with Crippen LogP contribution in [0.1, 0.15) is 50.8 Å². The molecule has 3 rings (SSSR count). The maximum atomic E-state index is 12.3. The van der Waals surface area contributed by atoms with E-state index in [9.17, 15) is 14.7 Å². The minimum absolute atomic E-state index is 0.152. The van der Waals surface area contributed by atoms with Gasteiger partial charge in [0, 0.05) is 36.8 Å². The number of anilines is 1. The van der Waals surface area contributed by atoms with Gasteiger partial charge < -0.3 is 19.6 Å². The third-order valence-electron chi connectivity index (χ3n) is 5.44. The van der Waals surface area contributed by atoms with Gasteiger partial charge in [0.2, 0.25) is 0 Å². The van der Waals surface area contributed by atoms with Gasteiger partial charge in [-0.05, 0) is 57.7 Å². The Morgan fingerprint density at radius 2 is 1.85 bits per heavy atom. The highest BCUT2D eigenvalue weighted by atomic mass is 35.5. The number of halogens is 1. The van der Waals surface area contributed by atoms with Crippen LogP contribution in [0, 0.1) is 0 Å². The summed E-state index contributed by atoms with van der Waals surface area (Å²) in [6.07, 6.45) is 5.20. The van der Waals surface area contributed by atoms with Crippen LogP contribution < -0.4 is 4.90 Å². The molecule has 1 aliphatic heterocycles. The number of nitrogens with zero attached hydrogens (tertiary/aromatic N) is 4. The molecule has 1 aromatic heterocycles. The van der Waals surface area contributed by atoms with E-state index in [2.05, 4.69) is 4.98 Å². The summed E-state index contributed by atoms with van der Waals surface area (Å²) >= 11 is 5.95. The third kappa shape index (κ3) is 7.60. The van der Waals surface area contributed by atoms with E-state index in [-0.39, 0.29) is 18.6 Å². The molecular formula is C24H31ClN4O4. The summed E-state index contributed by atoms with van der Waals surface area (Å²) in [4.78, 5) is 36.3. The molecule has 178 valence electrons. The summed E-state index contributed by atoms with van der Waals surface area (Å²) in [7, 11) is 0. The molecular weight excluding hydrogens is 444 g/mol. The van der Waals surface area contributed by atoms with Crippen LogP contribution in [-0.2, 0) is 16.0 Å². The topological polar surface area (TPSA) is 95.9 Å². The number of rotatable bonds is 7. The van der Waals surface area contributed by atoms with Gasteiger partial charge in [0.05, 0.1) is 11.9 Å². The Bertz CT molecular complexity index is 954. The van der Waals surface area contributed by atoms with Crippen LogP contribution in [-0.4, -0.2) is 63.8 Å². The third-order valence-corrected chi connectivity index (χ3v) is 5.69. The molecule has 9 heteroatoms. The van der Waals surface area contributed by atoms with Crippen molar-refractivity contribution in [3.8, 4) is 0 Å². The number of hydrogen-bond acceptors (Lipinski definition) is 6. The quantitative estimate of drug-likeness (QED) is 0.636. The van der Waals surface area contributed by atoms with Crippen LogP contribution >= 0.6 is 11.6 Å². The number of piperidine rings is 1. The van der Waals surface area contributed by atoms with Crippen molar-refractivity contribution in [2.45, 2.75) is 51.6 Å². The molecule has 1 aromatic carbocycles. The molecule has 1 N–H and O–H groups in total. The average Bonchev–Trinajstić information content (AvgIpc) is 2.76. The fourth-order valence-corrected chi connectivity index (χ4v) is 3.88.